The monoisotopic (exact) mass is 287 g/mol. The molecule has 0 aliphatic heterocycles. The molecule has 0 unspecified atom stereocenters. The van der Waals surface area contributed by atoms with Gasteiger partial charge in [-0.25, -0.2) is 0 Å². The molecule has 1 saturated carbocycles. The van der Waals surface area contributed by atoms with Gasteiger partial charge in [0.25, 0.3) is 0 Å². The maximum absolute atomic E-state index is 6.18. The van der Waals surface area contributed by atoms with Crippen LogP contribution >= 0.6 is 27.5 Å². The number of benzene rings is 1. The van der Waals surface area contributed by atoms with Gasteiger partial charge in [-0.1, -0.05) is 33.6 Å². The predicted octanol–water partition coefficient (Wildman–Crippen LogP) is 4.22. The summed E-state index contributed by atoms with van der Waals surface area (Å²) < 4.78 is 0. The van der Waals surface area contributed by atoms with Gasteiger partial charge in [-0.15, -0.1) is 0 Å². The van der Waals surface area contributed by atoms with Crippen LogP contribution in [-0.4, -0.2) is 13.1 Å². The Hall–Kier alpha value is -0.210. The van der Waals surface area contributed by atoms with Gasteiger partial charge in [0.2, 0.25) is 0 Å². The SMILES string of the molecule is CN(c1cccc(Cl)c1CBr)C1CCC1. The predicted molar refractivity (Wildman–Crippen MR) is 70.1 cm³/mol. The zero-order valence-electron chi connectivity index (χ0n) is 8.84. The van der Waals surface area contributed by atoms with Crippen LogP contribution in [0.4, 0.5) is 5.69 Å². The van der Waals surface area contributed by atoms with Crippen molar-refractivity contribution in [3.05, 3.63) is 28.8 Å². The van der Waals surface area contributed by atoms with Crippen molar-refractivity contribution >= 4 is 33.2 Å². The van der Waals surface area contributed by atoms with E-state index in [9.17, 15) is 0 Å². The van der Waals surface area contributed by atoms with Gasteiger partial charge in [-0.3, -0.25) is 0 Å². The summed E-state index contributed by atoms with van der Waals surface area (Å²) in [7, 11) is 2.17. The number of anilines is 1. The number of nitrogens with zero attached hydrogens (tertiary/aromatic N) is 1. The van der Waals surface area contributed by atoms with Gasteiger partial charge in [0.1, 0.15) is 0 Å². The molecule has 0 atom stereocenters. The highest BCUT2D eigenvalue weighted by Gasteiger charge is 2.23. The second-order valence-electron chi connectivity index (χ2n) is 4.07. The van der Waals surface area contributed by atoms with Crippen LogP contribution in [0.3, 0.4) is 0 Å². The van der Waals surface area contributed by atoms with Crippen LogP contribution in [0, 0.1) is 0 Å². The highest BCUT2D eigenvalue weighted by molar-refractivity contribution is 9.08. The number of rotatable bonds is 3. The van der Waals surface area contributed by atoms with Gasteiger partial charge in [0.15, 0.2) is 0 Å². The normalized spacial score (nSPS) is 16.2. The fourth-order valence-corrected chi connectivity index (χ4v) is 2.97. The van der Waals surface area contributed by atoms with Gasteiger partial charge in [0.05, 0.1) is 0 Å². The Morgan fingerprint density at radius 2 is 2.20 bits per heavy atom. The van der Waals surface area contributed by atoms with Crippen molar-refractivity contribution in [1.29, 1.82) is 0 Å². The van der Waals surface area contributed by atoms with E-state index >= 15 is 0 Å². The van der Waals surface area contributed by atoms with Gasteiger partial charge < -0.3 is 4.90 Å². The van der Waals surface area contributed by atoms with Gasteiger partial charge in [0, 0.05) is 34.7 Å². The lowest BCUT2D eigenvalue weighted by atomic mass is 9.91. The van der Waals surface area contributed by atoms with Crippen LogP contribution in [0.1, 0.15) is 24.8 Å². The first-order chi connectivity index (χ1) is 7.24. The third-order valence-corrected chi connectivity index (χ3v) is 4.15. The van der Waals surface area contributed by atoms with Gasteiger partial charge >= 0.3 is 0 Å². The Balaban J connectivity index is 2.29. The number of halogens is 2. The lowest BCUT2D eigenvalue weighted by Gasteiger charge is -2.37. The number of hydrogen-bond donors (Lipinski definition) is 0. The topological polar surface area (TPSA) is 3.24 Å². The smallest absolute Gasteiger partial charge is 0.0467 e. The molecule has 0 saturated heterocycles. The van der Waals surface area contributed by atoms with E-state index in [0.717, 1.165) is 10.4 Å². The lowest BCUT2D eigenvalue weighted by Crippen LogP contribution is -2.37. The molecular formula is C12H15BrClN. The average molecular weight is 289 g/mol. The molecule has 15 heavy (non-hydrogen) atoms. The highest BCUT2D eigenvalue weighted by atomic mass is 79.9. The first-order valence-electron chi connectivity index (χ1n) is 5.30. The molecule has 0 N–H and O–H groups in total. The first kappa shape index (κ1) is 11.3. The molecule has 82 valence electrons. The van der Waals surface area contributed by atoms with Crippen LogP contribution in [0.15, 0.2) is 18.2 Å². The van der Waals surface area contributed by atoms with Crippen LogP contribution in [0.25, 0.3) is 0 Å². The van der Waals surface area contributed by atoms with Crippen molar-refractivity contribution in [3.63, 3.8) is 0 Å². The second-order valence-corrected chi connectivity index (χ2v) is 5.03. The van der Waals surface area contributed by atoms with Crippen LogP contribution in [0.5, 0.6) is 0 Å². The molecule has 1 aromatic rings. The molecule has 0 spiro atoms. The summed E-state index contributed by atoms with van der Waals surface area (Å²) in [6.07, 6.45) is 3.98. The number of hydrogen-bond acceptors (Lipinski definition) is 1. The van der Waals surface area contributed by atoms with E-state index < -0.39 is 0 Å². The quantitative estimate of drug-likeness (QED) is 0.753. The zero-order chi connectivity index (χ0) is 10.8. The first-order valence-corrected chi connectivity index (χ1v) is 6.80. The van der Waals surface area contributed by atoms with Crippen LogP contribution in [0.2, 0.25) is 5.02 Å². The van der Waals surface area contributed by atoms with E-state index in [-0.39, 0.29) is 0 Å². The minimum absolute atomic E-state index is 0.710. The molecular weight excluding hydrogens is 273 g/mol. The third-order valence-electron chi connectivity index (χ3n) is 3.23. The summed E-state index contributed by atoms with van der Waals surface area (Å²) in [5, 5.41) is 1.68. The van der Waals surface area contributed by atoms with Crippen LogP contribution in [-0.2, 0) is 5.33 Å². The molecule has 0 aromatic heterocycles. The summed E-state index contributed by atoms with van der Waals surface area (Å²) >= 11 is 9.69. The fourth-order valence-electron chi connectivity index (χ4n) is 1.98. The van der Waals surface area contributed by atoms with E-state index in [1.807, 2.05) is 12.1 Å². The summed E-state index contributed by atoms with van der Waals surface area (Å²) in [5.41, 5.74) is 2.47. The molecule has 0 heterocycles. The van der Waals surface area contributed by atoms with E-state index in [1.54, 1.807) is 0 Å². The molecule has 0 radical (unpaired) electrons. The summed E-state index contributed by atoms with van der Waals surface area (Å²) in [6.45, 7) is 0. The fraction of sp³-hybridized carbons (Fsp3) is 0.500. The highest BCUT2D eigenvalue weighted by Crippen LogP contribution is 2.34. The molecule has 1 aliphatic carbocycles. The third kappa shape index (κ3) is 2.16. The summed E-state index contributed by atoms with van der Waals surface area (Å²) in [6, 6.07) is 6.84. The Morgan fingerprint density at radius 3 is 2.73 bits per heavy atom. The Bertz CT molecular complexity index is 349. The molecule has 1 fully saturated rings. The number of alkyl halides is 1. The maximum atomic E-state index is 6.18. The Kier molecular flexibility index (Phi) is 3.57. The maximum Gasteiger partial charge on any atom is 0.0467 e. The van der Waals surface area contributed by atoms with Crippen molar-refractivity contribution in [2.75, 3.05) is 11.9 Å². The lowest BCUT2D eigenvalue weighted by molar-refractivity contribution is 0.401. The molecule has 1 nitrogen and oxygen atoms in total. The largest absolute Gasteiger partial charge is 0.371 e. The minimum Gasteiger partial charge on any atom is -0.371 e. The van der Waals surface area contributed by atoms with Gasteiger partial charge in [-0.2, -0.15) is 0 Å². The van der Waals surface area contributed by atoms with Gasteiger partial charge in [-0.05, 0) is 31.4 Å². The standard InChI is InChI=1S/C12H15BrClN/c1-15(9-4-2-5-9)12-7-3-6-11(14)10(12)8-13/h3,6-7,9H,2,4-5,8H2,1H3. The van der Waals surface area contributed by atoms with Crippen molar-refractivity contribution in [2.24, 2.45) is 0 Å². The van der Waals surface area contributed by atoms with Crippen molar-refractivity contribution in [1.82, 2.24) is 0 Å². The van der Waals surface area contributed by atoms with Crippen molar-refractivity contribution < 1.29 is 0 Å². The zero-order valence-corrected chi connectivity index (χ0v) is 11.2. The summed E-state index contributed by atoms with van der Waals surface area (Å²) in [5.74, 6) is 0. The average Bonchev–Trinajstić information content (AvgIpc) is 2.14. The minimum atomic E-state index is 0.710. The molecule has 0 bridgehead atoms. The van der Waals surface area contributed by atoms with E-state index in [1.165, 1.54) is 30.5 Å². The molecule has 1 aliphatic rings. The molecule has 1 aromatic carbocycles. The second kappa shape index (κ2) is 4.75. The van der Waals surface area contributed by atoms with E-state index in [4.69, 9.17) is 11.6 Å². The molecule has 3 heteroatoms. The molecule has 2 rings (SSSR count). The van der Waals surface area contributed by atoms with Crippen molar-refractivity contribution in [2.45, 2.75) is 30.6 Å². The Morgan fingerprint density at radius 1 is 1.47 bits per heavy atom. The van der Waals surface area contributed by atoms with Crippen LogP contribution < -0.4 is 4.90 Å². The van der Waals surface area contributed by atoms with Crippen molar-refractivity contribution in [3.8, 4) is 0 Å². The van der Waals surface area contributed by atoms with E-state index in [2.05, 4.69) is 33.9 Å². The summed E-state index contributed by atoms with van der Waals surface area (Å²) in [4.78, 5) is 2.37. The Labute approximate surface area is 105 Å². The van der Waals surface area contributed by atoms with E-state index in [0.29, 0.717) is 6.04 Å². The molecule has 0 amide bonds.